The molecule has 0 aromatic heterocycles. The first-order valence-corrected chi connectivity index (χ1v) is 7.41. The molecule has 0 spiro atoms. The van der Waals surface area contributed by atoms with Crippen LogP contribution in [0.4, 0.5) is 0 Å². The van der Waals surface area contributed by atoms with Crippen LogP contribution >= 0.6 is 0 Å². The van der Waals surface area contributed by atoms with E-state index in [2.05, 4.69) is 0 Å². The Bertz CT molecular complexity index is 479. The first-order chi connectivity index (χ1) is 7.84. The van der Waals surface area contributed by atoms with Gasteiger partial charge in [0, 0.05) is 6.54 Å². The summed E-state index contributed by atoms with van der Waals surface area (Å²) in [6.45, 7) is 7.68. The monoisotopic (exact) mass is 255 g/mol. The van der Waals surface area contributed by atoms with Gasteiger partial charge in [-0.1, -0.05) is 24.6 Å². The van der Waals surface area contributed by atoms with Crippen LogP contribution in [0.1, 0.15) is 30.0 Å². The van der Waals surface area contributed by atoms with Crippen LogP contribution in [0.3, 0.4) is 0 Å². The maximum Gasteiger partial charge on any atom is 0.182 e. The lowest BCUT2D eigenvalue weighted by molar-refractivity contribution is 0.574. The van der Waals surface area contributed by atoms with E-state index in [0.29, 0.717) is 11.3 Å². The molecule has 1 aromatic rings. The summed E-state index contributed by atoms with van der Waals surface area (Å²) in [5, 5.41) is -0.484. The van der Waals surface area contributed by atoms with Crippen molar-refractivity contribution in [1.29, 1.82) is 0 Å². The number of nitrogens with two attached hydrogens (primary N) is 1. The summed E-state index contributed by atoms with van der Waals surface area (Å²) in [5.74, 6) is 0. The van der Waals surface area contributed by atoms with E-state index < -0.39 is 15.1 Å². The Morgan fingerprint density at radius 1 is 1.18 bits per heavy atom. The second-order valence-electron chi connectivity index (χ2n) is 4.54. The van der Waals surface area contributed by atoms with Gasteiger partial charge < -0.3 is 5.73 Å². The molecule has 0 aliphatic carbocycles. The van der Waals surface area contributed by atoms with Crippen LogP contribution in [0.2, 0.25) is 0 Å². The Kier molecular flexibility index (Phi) is 4.33. The number of sulfone groups is 1. The molecule has 1 unspecified atom stereocenters. The van der Waals surface area contributed by atoms with E-state index in [9.17, 15) is 8.42 Å². The van der Waals surface area contributed by atoms with Gasteiger partial charge in [0.1, 0.15) is 0 Å². The Labute approximate surface area is 104 Å². The summed E-state index contributed by atoms with van der Waals surface area (Å²) in [5.41, 5.74) is 8.27. The molecule has 0 aliphatic heterocycles. The molecule has 0 fully saturated rings. The highest BCUT2D eigenvalue weighted by Gasteiger charge is 2.27. The third-order valence-electron chi connectivity index (χ3n) is 3.05. The van der Waals surface area contributed by atoms with Crippen molar-refractivity contribution >= 4 is 9.84 Å². The lowest BCUT2D eigenvalue weighted by Gasteiger charge is -2.18. The Hall–Kier alpha value is -0.870. The van der Waals surface area contributed by atoms with E-state index in [4.69, 9.17) is 5.73 Å². The van der Waals surface area contributed by atoms with Crippen molar-refractivity contribution in [1.82, 2.24) is 0 Å². The van der Waals surface area contributed by atoms with E-state index >= 15 is 0 Å². The van der Waals surface area contributed by atoms with Gasteiger partial charge in [-0.05, 0) is 38.3 Å². The third kappa shape index (κ3) is 2.69. The smallest absolute Gasteiger partial charge is 0.182 e. The summed E-state index contributed by atoms with van der Waals surface area (Å²) in [6.07, 6.45) is 0.547. The molecule has 1 rings (SSSR count). The molecule has 1 aromatic carbocycles. The predicted octanol–water partition coefficient (Wildman–Crippen LogP) is 2.12. The molecule has 0 amide bonds. The number of rotatable bonds is 4. The zero-order valence-corrected chi connectivity index (χ0v) is 11.8. The topological polar surface area (TPSA) is 60.2 Å². The van der Waals surface area contributed by atoms with Crippen LogP contribution < -0.4 is 5.73 Å². The summed E-state index contributed by atoms with van der Waals surface area (Å²) in [4.78, 5) is 0.459. The highest BCUT2D eigenvalue weighted by Crippen LogP contribution is 2.26. The number of benzene rings is 1. The van der Waals surface area contributed by atoms with Crippen LogP contribution in [-0.2, 0) is 9.84 Å². The summed E-state index contributed by atoms with van der Waals surface area (Å²) < 4.78 is 24.9. The van der Waals surface area contributed by atoms with Gasteiger partial charge in [0.05, 0.1) is 10.1 Å². The van der Waals surface area contributed by atoms with Crippen LogP contribution in [0.15, 0.2) is 17.0 Å². The first kappa shape index (κ1) is 14.2. The fraction of sp³-hybridized carbons (Fsp3) is 0.538. The molecule has 0 heterocycles. The molecular formula is C13H21NO2S. The lowest BCUT2D eigenvalue weighted by atomic mass is 10.1. The van der Waals surface area contributed by atoms with Gasteiger partial charge in [-0.3, -0.25) is 0 Å². The zero-order valence-electron chi connectivity index (χ0n) is 10.9. The second-order valence-corrected chi connectivity index (χ2v) is 6.70. The quantitative estimate of drug-likeness (QED) is 0.896. The molecule has 3 nitrogen and oxygen atoms in total. The Morgan fingerprint density at radius 3 is 2.00 bits per heavy atom. The molecule has 0 bridgehead atoms. The average Bonchev–Trinajstić information content (AvgIpc) is 2.16. The molecular weight excluding hydrogens is 234 g/mol. The van der Waals surface area contributed by atoms with E-state index in [1.165, 1.54) is 0 Å². The van der Waals surface area contributed by atoms with Gasteiger partial charge in [-0.15, -0.1) is 0 Å². The van der Waals surface area contributed by atoms with Gasteiger partial charge in [-0.25, -0.2) is 8.42 Å². The lowest BCUT2D eigenvalue weighted by Crippen LogP contribution is -2.30. The maximum atomic E-state index is 12.5. The second kappa shape index (κ2) is 5.19. The Balaban J connectivity index is 3.44. The third-order valence-corrected chi connectivity index (χ3v) is 5.66. The molecule has 2 N–H and O–H groups in total. The zero-order chi connectivity index (χ0) is 13.2. The van der Waals surface area contributed by atoms with Crippen LogP contribution in [0.25, 0.3) is 0 Å². The molecule has 4 heteroatoms. The number of hydrogen-bond donors (Lipinski definition) is 1. The van der Waals surface area contributed by atoms with Gasteiger partial charge >= 0.3 is 0 Å². The van der Waals surface area contributed by atoms with Gasteiger partial charge in [0.2, 0.25) is 0 Å². The van der Waals surface area contributed by atoms with E-state index in [0.717, 1.165) is 16.7 Å². The maximum absolute atomic E-state index is 12.5. The molecule has 96 valence electrons. The van der Waals surface area contributed by atoms with Crippen molar-refractivity contribution in [2.24, 2.45) is 5.73 Å². The van der Waals surface area contributed by atoms with Crippen LogP contribution in [0.5, 0.6) is 0 Å². The van der Waals surface area contributed by atoms with Gasteiger partial charge in [0.15, 0.2) is 9.84 Å². The van der Waals surface area contributed by atoms with E-state index in [-0.39, 0.29) is 6.54 Å². The molecule has 0 saturated heterocycles. The minimum Gasteiger partial charge on any atom is -0.329 e. The summed E-state index contributed by atoms with van der Waals surface area (Å²) in [6, 6.07) is 3.81. The number of hydrogen-bond acceptors (Lipinski definition) is 3. The summed E-state index contributed by atoms with van der Waals surface area (Å²) >= 11 is 0. The van der Waals surface area contributed by atoms with Gasteiger partial charge in [0.25, 0.3) is 0 Å². The van der Waals surface area contributed by atoms with Crippen molar-refractivity contribution in [3.63, 3.8) is 0 Å². The van der Waals surface area contributed by atoms with Crippen LogP contribution in [0, 0.1) is 20.8 Å². The van der Waals surface area contributed by atoms with E-state index in [1.807, 2.05) is 39.8 Å². The van der Waals surface area contributed by atoms with Crippen molar-refractivity contribution in [2.45, 2.75) is 44.3 Å². The Morgan fingerprint density at radius 2 is 1.65 bits per heavy atom. The highest BCUT2D eigenvalue weighted by molar-refractivity contribution is 7.92. The standard InChI is InChI=1S/C13H21NO2S/c1-5-12(8-14)17(15,16)13-10(3)6-9(2)7-11(13)4/h6-7,12H,5,8,14H2,1-4H3. The fourth-order valence-electron chi connectivity index (χ4n) is 2.29. The minimum absolute atomic E-state index is 0.172. The molecule has 1 atom stereocenters. The molecule has 0 radical (unpaired) electrons. The summed E-state index contributed by atoms with van der Waals surface area (Å²) in [7, 11) is -3.30. The molecule has 0 aliphatic rings. The highest BCUT2D eigenvalue weighted by atomic mass is 32.2. The van der Waals surface area contributed by atoms with Crippen molar-refractivity contribution in [3.8, 4) is 0 Å². The SMILES string of the molecule is CCC(CN)S(=O)(=O)c1c(C)cc(C)cc1C. The van der Waals surface area contributed by atoms with Crippen molar-refractivity contribution in [2.75, 3.05) is 6.54 Å². The minimum atomic E-state index is -3.30. The van der Waals surface area contributed by atoms with Crippen molar-refractivity contribution < 1.29 is 8.42 Å². The normalized spacial score (nSPS) is 13.7. The largest absolute Gasteiger partial charge is 0.329 e. The first-order valence-electron chi connectivity index (χ1n) is 5.86. The fourth-order valence-corrected chi connectivity index (χ4v) is 4.34. The molecule has 17 heavy (non-hydrogen) atoms. The average molecular weight is 255 g/mol. The predicted molar refractivity (Wildman–Crippen MR) is 71.0 cm³/mol. The molecule has 0 saturated carbocycles. The van der Waals surface area contributed by atoms with Gasteiger partial charge in [-0.2, -0.15) is 0 Å². The van der Waals surface area contributed by atoms with E-state index in [1.54, 1.807) is 0 Å². The number of aryl methyl sites for hydroxylation is 3. The van der Waals surface area contributed by atoms with Crippen molar-refractivity contribution in [3.05, 3.63) is 28.8 Å². The van der Waals surface area contributed by atoms with Crippen LogP contribution in [-0.4, -0.2) is 20.2 Å².